The topological polar surface area (TPSA) is 45.7 Å². The Labute approximate surface area is 403 Å². The van der Waals surface area contributed by atoms with Crippen molar-refractivity contribution in [3.05, 3.63) is 128 Å². The smallest absolute Gasteiger partial charge is 0.243 e. The largest absolute Gasteiger partial charge is 0.498 e. The van der Waals surface area contributed by atoms with Gasteiger partial charge in [0.1, 0.15) is 42.8 Å². The summed E-state index contributed by atoms with van der Waals surface area (Å²) in [7, 11) is 2.06. The first kappa shape index (κ1) is 54.2. The second-order valence-electron chi connectivity index (χ2n) is 22.9. The Kier molecular flexibility index (Phi) is 18.9. The molecule has 0 atom stereocenters. The maximum Gasteiger partial charge on any atom is 0.243 e. The van der Waals surface area contributed by atoms with Gasteiger partial charge in [0.05, 0.1) is 32.6 Å². The third-order valence-electron chi connectivity index (χ3n) is 12.7. The van der Waals surface area contributed by atoms with Gasteiger partial charge in [-0.05, 0) is 117 Å². The maximum absolute atomic E-state index is 7.15. The molecule has 0 unspecified atom stereocenters. The fraction of sp³-hybridized carbons (Fsp3) is 0.583. The van der Waals surface area contributed by atoms with Crippen LogP contribution in [0.3, 0.4) is 0 Å². The molecule has 6 heteroatoms. The number of rotatable bonds is 21. The summed E-state index contributed by atoms with van der Waals surface area (Å²) < 4.78 is 31.5. The zero-order valence-electron chi connectivity index (χ0n) is 45.3. The van der Waals surface area contributed by atoms with Gasteiger partial charge in [0.25, 0.3) is 0 Å². The number of nitrogens with zero attached hydrogens (tertiary/aromatic N) is 2. The fourth-order valence-corrected chi connectivity index (χ4v) is 8.05. The number of hydrogen-bond acceptors (Lipinski definition) is 4. The highest BCUT2D eigenvalue weighted by Crippen LogP contribution is 2.42. The van der Waals surface area contributed by atoms with Gasteiger partial charge in [0.15, 0.2) is 0 Å². The minimum atomic E-state index is -0.110. The highest BCUT2D eigenvalue weighted by Gasteiger charge is 2.27. The summed E-state index contributed by atoms with van der Waals surface area (Å²) in [6.07, 6.45) is 14.4. The molecule has 364 valence electrons. The molecule has 0 saturated carbocycles. The van der Waals surface area contributed by atoms with E-state index in [9.17, 15) is 0 Å². The van der Waals surface area contributed by atoms with Crippen LogP contribution in [-0.2, 0) is 60.3 Å². The first-order chi connectivity index (χ1) is 30.8. The Morgan fingerprint density at radius 2 is 0.970 bits per heavy atom. The molecular weight excluding hydrogens is 813 g/mol. The van der Waals surface area contributed by atoms with Gasteiger partial charge >= 0.3 is 0 Å². The summed E-state index contributed by atoms with van der Waals surface area (Å²) in [6, 6.07) is 14.4. The summed E-state index contributed by atoms with van der Waals surface area (Å²) >= 11 is 0. The Morgan fingerprint density at radius 3 is 1.36 bits per heavy atom. The Morgan fingerprint density at radius 1 is 0.561 bits per heavy atom. The Hall–Kier alpha value is -4.45. The van der Waals surface area contributed by atoms with E-state index in [4.69, 9.17) is 18.9 Å². The second-order valence-corrected chi connectivity index (χ2v) is 22.9. The minimum Gasteiger partial charge on any atom is -0.498 e. The van der Waals surface area contributed by atoms with Crippen LogP contribution in [0.15, 0.2) is 78.1 Å². The molecule has 1 aromatic heterocycles. The van der Waals surface area contributed by atoms with Gasteiger partial charge in [-0.3, -0.25) is 0 Å². The first-order valence-corrected chi connectivity index (χ1v) is 25.2. The van der Waals surface area contributed by atoms with E-state index in [1.165, 1.54) is 61.2 Å². The van der Waals surface area contributed by atoms with Gasteiger partial charge in [-0.15, -0.1) is 0 Å². The average Bonchev–Trinajstić information content (AvgIpc) is 3.64. The van der Waals surface area contributed by atoms with Gasteiger partial charge in [-0.1, -0.05) is 159 Å². The zero-order valence-corrected chi connectivity index (χ0v) is 45.3. The fourth-order valence-electron chi connectivity index (χ4n) is 8.05. The molecule has 6 nitrogen and oxygen atoms in total. The van der Waals surface area contributed by atoms with Gasteiger partial charge in [0.2, 0.25) is 6.33 Å². The molecule has 0 aliphatic rings. The van der Waals surface area contributed by atoms with E-state index in [-0.39, 0.29) is 21.7 Å². The van der Waals surface area contributed by atoms with Crippen LogP contribution in [0.2, 0.25) is 0 Å². The van der Waals surface area contributed by atoms with Crippen molar-refractivity contribution in [2.75, 3.05) is 26.4 Å². The van der Waals surface area contributed by atoms with E-state index in [2.05, 4.69) is 202 Å². The lowest BCUT2D eigenvalue weighted by Gasteiger charge is -2.28. The molecule has 4 aromatic rings. The minimum absolute atomic E-state index is 0.00986. The van der Waals surface area contributed by atoms with Gasteiger partial charge in [-0.2, -0.15) is 0 Å². The third kappa shape index (κ3) is 15.0. The standard InChI is InChI=1S/C60H91N2O4/c1-20-27-63-43(6)45(31-42(5)57(7,8)9)32-46-36-52(59(13,14)15)40-50(56(46)66-30-26-62-25-24-61(19)41-62)34-49-39-53(60(16,17)18)38-48(55(49)65-29-22-3)33-47-37-51(58(10,11)12)35-44(23-4)54(47)64-28-21-2/h24-25,31,35-41H,20-23,26-30,32-34H2,1-19H3/q+1/b42-31+,45-43-. The average molecular weight is 904 g/mol. The summed E-state index contributed by atoms with van der Waals surface area (Å²) in [5, 5.41) is 0. The maximum atomic E-state index is 7.15. The highest BCUT2D eigenvalue weighted by molar-refractivity contribution is 5.57. The van der Waals surface area contributed by atoms with Crippen molar-refractivity contribution in [2.24, 2.45) is 12.5 Å². The normalized spacial score (nSPS) is 13.2. The SMILES string of the molecule is CCCO/C(C)=C(/C=C(\C)C(C)(C)C)Cc1cc(C(C)(C)C)cc(Cc2cc(C(C)(C)C)cc(Cc3cc(C(C)(C)C)cc(CC)c3OCCC)c2OCCC)c1OCCn1cc[n+](C)c1. The lowest BCUT2D eigenvalue weighted by atomic mass is 9.80. The van der Waals surface area contributed by atoms with Crippen molar-refractivity contribution in [3.63, 3.8) is 0 Å². The molecule has 1 heterocycles. The Balaban J connectivity index is 2.08. The van der Waals surface area contributed by atoms with E-state index in [1.54, 1.807) is 0 Å². The molecule has 0 N–H and O–H groups in total. The van der Waals surface area contributed by atoms with Crippen LogP contribution < -0.4 is 18.8 Å². The number of aromatic nitrogens is 2. The van der Waals surface area contributed by atoms with Crippen LogP contribution in [0.25, 0.3) is 0 Å². The molecule has 66 heavy (non-hydrogen) atoms. The lowest BCUT2D eigenvalue weighted by Crippen LogP contribution is -2.24. The van der Waals surface area contributed by atoms with Gasteiger partial charge in [-0.25, -0.2) is 9.13 Å². The molecule has 3 aromatic carbocycles. The molecule has 0 aliphatic heterocycles. The monoisotopic (exact) mass is 904 g/mol. The number of hydrogen-bond donors (Lipinski definition) is 0. The number of allylic oxidation sites excluding steroid dienone is 4. The van der Waals surface area contributed by atoms with Crippen LogP contribution in [0, 0.1) is 5.41 Å². The summed E-state index contributed by atoms with van der Waals surface area (Å²) in [5.41, 5.74) is 13.4. The number of ether oxygens (including phenoxy) is 4. The molecule has 4 rings (SSSR count). The predicted octanol–water partition coefficient (Wildman–Crippen LogP) is 14.8. The molecule has 0 bridgehead atoms. The van der Waals surface area contributed by atoms with Crippen molar-refractivity contribution in [3.8, 4) is 17.2 Å². The van der Waals surface area contributed by atoms with E-state index in [0.717, 1.165) is 55.2 Å². The summed E-state index contributed by atoms with van der Waals surface area (Å²) in [5.74, 6) is 3.93. The Bertz CT molecular complexity index is 2280. The van der Waals surface area contributed by atoms with Crippen LogP contribution in [-0.4, -0.2) is 31.0 Å². The summed E-state index contributed by atoms with van der Waals surface area (Å²) in [6.45, 7) is 44.2. The van der Waals surface area contributed by atoms with Crippen molar-refractivity contribution < 1.29 is 23.5 Å². The molecule has 0 amide bonds. The number of benzene rings is 3. The van der Waals surface area contributed by atoms with Crippen LogP contribution in [0.5, 0.6) is 17.2 Å². The zero-order chi connectivity index (χ0) is 49.2. The van der Waals surface area contributed by atoms with Crippen molar-refractivity contribution in [2.45, 2.75) is 192 Å². The van der Waals surface area contributed by atoms with Crippen LogP contribution >= 0.6 is 0 Å². The molecule has 0 radical (unpaired) electrons. The van der Waals surface area contributed by atoms with Crippen molar-refractivity contribution >= 4 is 0 Å². The molecule has 0 spiro atoms. The van der Waals surface area contributed by atoms with E-state index >= 15 is 0 Å². The lowest BCUT2D eigenvalue weighted by molar-refractivity contribution is -0.671. The van der Waals surface area contributed by atoms with Gasteiger partial charge in [0, 0.05) is 19.3 Å². The molecular formula is C60H91N2O4+. The van der Waals surface area contributed by atoms with Crippen LogP contribution in [0.1, 0.15) is 194 Å². The van der Waals surface area contributed by atoms with E-state index in [0.29, 0.717) is 45.7 Å². The first-order valence-electron chi connectivity index (χ1n) is 25.2. The van der Waals surface area contributed by atoms with E-state index < -0.39 is 0 Å². The summed E-state index contributed by atoms with van der Waals surface area (Å²) in [4.78, 5) is 0. The van der Waals surface area contributed by atoms with Crippen LogP contribution in [0.4, 0.5) is 0 Å². The number of aryl methyl sites for hydroxylation is 2. The van der Waals surface area contributed by atoms with E-state index in [1.807, 2.05) is 0 Å². The molecule has 0 fully saturated rings. The molecule has 0 saturated heterocycles. The highest BCUT2D eigenvalue weighted by atomic mass is 16.5. The number of imidazole rings is 1. The van der Waals surface area contributed by atoms with Crippen molar-refractivity contribution in [1.29, 1.82) is 0 Å². The molecule has 0 aliphatic carbocycles. The second kappa shape index (κ2) is 23.0. The predicted molar refractivity (Wildman–Crippen MR) is 279 cm³/mol. The quantitative estimate of drug-likeness (QED) is 0.0475. The third-order valence-corrected chi connectivity index (χ3v) is 12.7. The van der Waals surface area contributed by atoms with Crippen molar-refractivity contribution in [1.82, 2.24) is 4.57 Å². The van der Waals surface area contributed by atoms with Gasteiger partial charge < -0.3 is 18.9 Å².